The molecule has 1 nitrogen and oxygen atoms in total. The lowest BCUT2D eigenvalue weighted by atomic mass is 10.5. The first kappa shape index (κ1) is 5.29. The van der Waals surface area contributed by atoms with Crippen molar-refractivity contribution in [2.45, 2.75) is 0 Å². The lowest BCUT2D eigenvalue weighted by Crippen LogP contribution is -2.06. The van der Waals surface area contributed by atoms with Crippen LogP contribution in [-0.2, 0) is 0 Å². The molecular formula is C7H10N-. The molecule has 0 aliphatic heterocycles. The van der Waals surface area contributed by atoms with Crippen LogP contribution in [0.15, 0.2) is 24.3 Å². The maximum atomic E-state index is 2.08. The van der Waals surface area contributed by atoms with Crippen molar-refractivity contribution in [1.82, 2.24) is 0 Å². The van der Waals surface area contributed by atoms with Crippen LogP contribution < -0.4 is 4.90 Å². The van der Waals surface area contributed by atoms with E-state index in [-0.39, 0.29) is 0 Å². The van der Waals surface area contributed by atoms with E-state index in [2.05, 4.69) is 17.0 Å². The molecule has 1 aromatic rings. The van der Waals surface area contributed by atoms with Crippen molar-refractivity contribution < 1.29 is 0 Å². The highest BCUT2D eigenvalue weighted by Gasteiger charge is 1.78. The Morgan fingerprint density at radius 1 is 1.50 bits per heavy atom. The van der Waals surface area contributed by atoms with Crippen molar-refractivity contribution in [3.05, 3.63) is 24.3 Å². The van der Waals surface area contributed by atoms with Gasteiger partial charge in [0.15, 0.2) is 0 Å². The summed E-state index contributed by atoms with van der Waals surface area (Å²) in [6.45, 7) is 0. The molecule has 0 atom stereocenters. The van der Waals surface area contributed by atoms with E-state index in [0.29, 0.717) is 0 Å². The van der Waals surface area contributed by atoms with Crippen LogP contribution in [0.4, 0.5) is 5.69 Å². The normalized spacial score (nSPS) is 9.25. The fourth-order valence-electron chi connectivity index (χ4n) is 0.662. The molecule has 0 fully saturated rings. The quantitative estimate of drug-likeness (QED) is 0.492. The van der Waals surface area contributed by atoms with Gasteiger partial charge in [-0.1, -0.05) is 0 Å². The van der Waals surface area contributed by atoms with Gasteiger partial charge in [-0.2, -0.15) is 24.3 Å². The molecule has 1 heteroatoms. The predicted molar refractivity (Wildman–Crippen MR) is 36.4 cm³/mol. The Morgan fingerprint density at radius 2 is 2.25 bits per heavy atom. The Balaban J connectivity index is 2.77. The first-order valence-electron chi connectivity index (χ1n) is 2.70. The summed E-state index contributed by atoms with van der Waals surface area (Å²) >= 11 is 0. The second-order valence-electron chi connectivity index (χ2n) is 2.04. The molecular weight excluding hydrogens is 98.1 g/mol. The second kappa shape index (κ2) is 1.95. The SMILES string of the molecule is CN(C)c1cc[cH-]c1. The van der Waals surface area contributed by atoms with E-state index >= 15 is 0 Å². The predicted octanol–water partition coefficient (Wildman–Crippen LogP) is 1.47. The highest BCUT2D eigenvalue weighted by atomic mass is 15.1. The van der Waals surface area contributed by atoms with Gasteiger partial charge in [0.05, 0.1) is 0 Å². The molecule has 0 N–H and O–H groups in total. The minimum Gasteiger partial charge on any atom is -0.439 e. The third-order valence-corrected chi connectivity index (χ3v) is 1.16. The molecule has 0 aliphatic rings. The first-order valence-corrected chi connectivity index (χ1v) is 2.70. The van der Waals surface area contributed by atoms with Crippen LogP contribution >= 0.6 is 0 Å². The molecule has 44 valence electrons. The third-order valence-electron chi connectivity index (χ3n) is 1.16. The molecule has 0 aliphatic carbocycles. The monoisotopic (exact) mass is 108 g/mol. The van der Waals surface area contributed by atoms with Crippen molar-refractivity contribution in [2.24, 2.45) is 0 Å². The first-order chi connectivity index (χ1) is 3.80. The van der Waals surface area contributed by atoms with E-state index < -0.39 is 0 Å². The average molecular weight is 108 g/mol. The van der Waals surface area contributed by atoms with Crippen molar-refractivity contribution in [3.63, 3.8) is 0 Å². The van der Waals surface area contributed by atoms with Crippen molar-refractivity contribution >= 4 is 5.69 Å². The van der Waals surface area contributed by atoms with Crippen molar-refractivity contribution in [3.8, 4) is 0 Å². The van der Waals surface area contributed by atoms with E-state index in [4.69, 9.17) is 0 Å². The summed E-state index contributed by atoms with van der Waals surface area (Å²) in [7, 11) is 4.07. The van der Waals surface area contributed by atoms with Gasteiger partial charge in [-0.25, -0.2) is 0 Å². The molecule has 0 unspecified atom stereocenters. The smallest absolute Gasteiger partial charge is 0.00693 e. The van der Waals surface area contributed by atoms with Crippen molar-refractivity contribution in [2.75, 3.05) is 19.0 Å². The van der Waals surface area contributed by atoms with E-state index in [0.717, 1.165) is 0 Å². The maximum Gasteiger partial charge on any atom is -0.00693 e. The molecule has 1 rings (SSSR count). The summed E-state index contributed by atoms with van der Waals surface area (Å²) in [5.74, 6) is 0. The van der Waals surface area contributed by atoms with Gasteiger partial charge in [-0.3, -0.25) is 0 Å². The van der Waals surface area contributed by atoms with Crippen LogP contribution in [0.25, 0.3) is 0 Å². The minimum atomic E-state index is 1.27. The Labute approximate surface area is 49.9 Å². The van der Waals surface area contributed by atoms with Crippen LogP contribution in [0.5, 0.6) is 0 Å². The molecule has 0 heterocycles. The topological polar surface area (TPSA) is 3.24 Å². The van der Waals surface area contributed by atoms with Crippen LogP contribution in [-0.4, -0.2) is 14.1 Å². The molecule has 1 aromatic carbocycles. The zero-order valence-electron chi connectivity index (χ0n) is 5.26. The molecule has 0 spiro atoms. The third kappa shape index (κ3) is 0.861. The average Bonchev–Trinajstić information content (AvgIpc) is 2.12. The summed E-state index contributed by atoms with van der Waals surface area (Å²) in [5.41, 5.74) is 1.27. The summed E-state index contributed by atoms with van der Waals surface area (Å²) in [6, 6.07) is 8.24. The molecule has 0 aromatic heterocycles. The Bertz CT molecular complexity index is 139. The molecule has 0 saturated heterocycles. The molecule has 0 amide bonds. The number of hydrogen-bond donors (Lipinski definition) is 0. The lowest BCUT2D eigenvalue weighted by molar-refractivity contribution is 1.14. The summed E-state index contributed by atoms with van der Waals surface area (Å²) < 4.78 is 0. The fourth-order valence-corrected chi connectivity index (χ4v) is 0.662. The highest BCUT2D eigenvalue weighted by molar-refractivity contribution is 5.45. The number of anilines is 1. The van der Waals surface area contributed by atoms with Crippen LogP contribution in [0.2, 0.25) is 0 Å². The van der Waals surface area contributed by atoms with Crippen LogP contribution in [0.1, 0.15) is 0 Å². The van der Waals surface area contributed by atoms with E-state index in [1.807, 2.05) is 26.2 Å². The van der Waals surface area contributed by atoms with Crippen LogP contribution in [0, 0.1) is 0 Å². The van der Waals surface area contributed by atoms with E-state index in [9.17, 15) is 0 Å². The van der Waals surface area contributed by atoms with Gasteiger partial charge < -0.3 is 4.90 Å². The summed E-state index contributed by atoms with van der Waals surface area (Å²) in [6.07, 6.45) is 0. The molecule has 0 radical (unpaired) electrons. The molecule has 8 heavy (non-hydrogen) atoms. The summed E-state index contributed by atoms with van der Waals surface area (Å²) in [4.78, 5) is 2.08. The van der Waals surface area contributed by atoms with Gasteiger partial charge in [0, 0.05) is 0 Å². The van der Waals surface area contributed by atoms with Crippen LogP contribution in [0.3, 0.4) is 0 Å². The van der Waals surface area contributed by atoms with E-state index in [1.54, 1.807) is 0 Å². The molecule has 0 bridgehead atoms. The standard InChI is InChI=1S/C7H10N/c1-8(2)7-5-3-4-6-7/h3-6H,1-2H3/q-1. The van der Waals surface area contributed by atoms with Gasteiger partial charge in [0.2, 0.25) is 0 Å². The van der Waals surface area contributed by atoms with Gasteiger partial charge in [0.25, 0.3) is 0 Å². The summed E-state index contributed by atoms with van der Waals surface area (Å²) in [5, 5.41) is 0. The molecule has 0 saturated carbocycles. The minimum absolute atomic E-state index is 1.27. The lowest BCUT2D eigenvalue weighted by Gasteiger charge is -2.15. The van der Waals surface area contributed by atoms with Gasteiger partial charge >= 0.3 is 0 Å². The Kier molecular flexibility index (Phi) is 1.29. The number of rotatable bonds is 1. The van der Waals surface area contributed by atoms with Crippen molar-refractivity contribution in [1.29, 1.82) is 0 Å². The van der Waals surface area contributed by atoms with Gasteiger partial charge in [-0.15, -0.1) is 5.69 Å². The zero-order valence-corrected chi connectivity index (χ0v) is 5.26. The maximum absolute atomic E-state index is 2.08. The Hall–Kier alpha value is -0.850. The van der Waals surface area contributed by atoms with E-state index in [1.165, 1.54) is 5.69 Å². The number of nitrogens with zero attached hydrogens (tertiary/aromatic N) is 1. The largest absolute Gasteiger partial charge is 0.439 e. The Morgan fingerprint density at radius 3 is 2.50 bits per heavy atom. The fraction of sp³-hybridized carbons (Fsp3) is 0.286. The highest BCUT2D eigenvalue weighted by Crippen LogP contribution is 2.08. The van der Waals surface area contributed by atoms with Gasteiger partial charge in [-0.05, 0) is 14.1 Å². The number of hydrogen-bond acceptors (Lipinski definition) is 1. The van der Waals surface area contributed by atoms with Gasteiger partial charge in [0.1, 0.15) is 0 Å². The zero-order chi connectivity index (χ0) is 5.98. The second-order valence-corrected chi connectivity index (χ2v) is 2.04.